The lowest BCUT2D eigenvalue weighted by Gasteiger charge is -2.37. The van der Waals surface area contributed by atoms with E-state index in [4.69, 9.17) is 0 Å². The molecule has 0 bridgehead atoms. The van der Waals surface area contributed by atoms with E-state index < -0.39 is 0 Å². The molecule has 0 heterocycles. The molecule has 0 spiro atoms. The second kappa shape index (κ2) is 14.1. The Labute approximate surface area is 180 Å². The van der Waals surface area contributed by atoms with Crippen LogP contribution in [0.5, 0.6) is 0 Å². The molecular weight excluding hydrogens is 336 g/mol. The van der Waals surface area contributed by atoms with Crippen molar-refractivity contribution in [3.63, 3.8) is 0 Å². The van der Waals surface area contributed by atoms with Crippen LogP contribution in [0.3, 0.4) is 0 Å². The van der Waals surface area contributed by atoms with Crippen molar-refractivity contribution < 1.29 is 0 Å². The highest BCUT2D eigenvalue weighted by Gasteiger charge is 2.28. The van der Waals surface area contributed by atoms with Crippen LogP contribution in [-0.2, 0) is 0 Å². The van der Waals surface area contributed by atoms with E-state index in [1.807, 2.05) is 0 Å². The summed E-state index contributed by atoms with van der Waals surface area (Å²) in [6, 6.07) is 0. The molecule has 0 unspecified atom stereocenters. The molecule has 2 aliphatic rings. The summed E-state index contributed by atoms with van der Waals surface area (Å²) in [6.07, 6.45) is 17.9. The maximum atomic E-state index is 2.37. The molecule has 0 aromatic carbocycles. The molecular formula is C28H56. The molecule has 0 N–H and O–H groups in total. The van der Waals surface area contributed by atoms with Crippen LogP contribution >= 0.6 is 0 Å². The average Bonchev–Trinajstić information content (AvgIpc) is 2.55. The third-order valence-corrected chi connectivity index (χ3v) is 7.21. The molecule has 0 aromatic heterocycles. The fourth-order valence-electron chi connectivity index (χ4n) is 5.53. The summed E-state index contributed by atoms with van der Waals surface area (Å²) < 4.78 is 0. The highest BCUT2D eigenvalue weighted by molar-refractivity contribution is 4.80. The van der Waals surface area contributed by atoms with Crippen LogP contribution in [0.2, 0.25) is 0 Å². The summed E-state index contributed by atoms with van der Waals surface area (Å²) in [5.74, 6) is 7.92. The molecule has 0 aliphatic heterocycles. The Bertz CT molecular complexity index is 350. The fraction of sp³-hybridized carbons (Fsp3) is 1.00. The minimum atomic E-state index is 0.901. The van der Waals surface area contributed by atoms with Crippen LogP contribution < -0.4 is 0 Å². The molecule has 2 rings (SSSR count). The van der Waals surface area contributed by atoms with Crippen molar-refractivity contribution in [2.45, 2.75) is 132 Å². The van der Waals surface area contributed by atoms with Crippen molar-refractivity contribution in [1.82, 2.24) is 0 Å². The van der Waals surface area contributed by atoms with Crippen LogP contribution in [0.4, 0.5) is 0 Å². The van der Waals surface area contributed by atoms with Gasteiger partial charge in [-0.3, -0.25) is 0 Å². The van der Waals surface area contributed by atoms with Crippen molar-refractivity contribution in [3.8, 4) is 0 Å². The van der Waals surface area contributed by atoms with E-state index in [1.165, 1.54) is 77.0 Å². The molecule has 0 saturated heterocycles. The second-order valence-corrected chi connectivity index (χ2v) is 12.3. The number of hydrogen-bond donors (Lipinski definition) is 0. The van der Waals surface area contributed by atoms with Gasteiger partial charge in [0.05, 0.1) is 0 Å². The third kappa shape index (κ3) is 12.5. The van der Waals surface area contributed by atoms with Crippen molar-refractivity contribution in [2.75, 3.05) is 0 Å². The van der Waals surface area contributed by atoms with E-state index in [0.29, 0.717) is 0 Å². The maximum absolute atomic E-state index is 2.37. The molecule has 2 fully saturated rings. The molecule has 0 aromatic rings. The Balaban J connectivity index is 0.000000283. The van der Waals surface area contributed by atoms with Gasteiger partial charge in [0.15, 0.2) is 0 Å². The lowest BCUT2D eigenvalue weighted by Crippen LogP contribution is -2.25. The summed E-state index contributed by atoms with van der Waals surface area (Å²) in [6.45, 7) is 18.8. The summed E-state index contributed by atoms with van der Waals surface area (Å²) in [5.41, 5.74) is 0. The zero-order chi connectivity index (χ0) is 21.1. The monoisotopic (exact) mass is 392 g/mol. The fourth-order valence-corrected chi connectivity index (χ4v) is 5.53. The van der Waals surface area contributed by atoms with Gasteiger partial charge in [0.25, 0.3) is 0 Å². The van der Waals surface area contributed by atoms with E-state index in [0.717, 1.165) is 47.3 Å². The first-order valence-electron chi connectivity index (χ1n) is 13.2. The molecule has 0 nitrogen and oxygen atoms in total. The first-order chi connectivity index (χ1) is 13.2. The van der Waals surface area contributed by atoms with E-state index in [9.17, 15) is 0 Å². The van der Waals surface area contributed by atoms with Gasteiger partial charge in [0.1, 0.15) is 0 Å². The molecule has 0 atom stereocenters. The lowest BCUT2D eigenvalue weighted by atomic mass is 9.69. The molecule has 168 valence electrons. The predicted molar refractivity (Wildman–Crippen MR) is 129 cm³/mol. The van der Waals surface area contributed by atoms with Crippen molar-refractivity contribution in [3.05, 3.63) is 0 Å². The largest absolute Gasteiger partial charge is 0.0628 e. The SMILES string of the molecule is CC(C)CCC1CC(CC(C)C)C1.CC(C)CCC1CCC(CC(C)C)CC1. The van der Waals surface area contributed by atoms with Gasteiger partial charge in [-0.25, -0.2) is 0 Å². The van der Waals surface area contributed by atoms with E-state index >= 15 is 0 Å². The van der Waals surface area contributed by atoms with Gasteiger partial charge in [0.2, 0.25) is 0 Å². The molecule has 2 saturated carbocycles. The third-order valence-electron chi connectivity index (χ3n) is 7.21. The van der Waals surface area contributed by atoms with Crippen molar-refractivity contribution >= 4 is 0 Å². The summed E-state index contributed by atoms with van der Waals surface area (Å²) in [4.78, 5) is 0. The number of rotatable bonds is 10. The molecule has 28 heavy (non-hydrogen) atoms. The summed E-state index contributed by atoms with van der Waals surface area (Å²) in [5, 5.41) is 0. The normalized spacial score (nSPS) is 27.9. The lowest BCUT2D eigenvalue weighted by molar-refractivity contribution is 0.149. The molecule has 2 aliphatic carbocycles. The van der Waals surface area contributed by atoms with Gasteiger partial charge in [0, 0.05) is 0 Å². The molecule has 0 heteroatoms. The Morgan fingerprint density at radius 1 is 0.464 bits per heavy atom. The Hall–Kier alpha value is 0. The highest BCUT2D eigenvalue weighted by atomic mass is 14.3. The predicted octanol–water partition coefficient (Wildman–Crippen LogP) is 9.77. The summed E-state index contributed by atoms with van der Waals surface area (Å²) >= 11 is 0. The van der Waals surface area contributed by atoms with Crippen LogP contribution in [0.1, 0.15) is 132 Å². The molecule has 0 amide bonds. The van der Waals surface area contributed by atoms with Crippen LogP contribution in [0.15, 0.2) is 0 Å². The minimum Gasteiger partial charge on any atom is -0.0628 e. The number of hydrogen-bond acceptors (Lipinski definition) is 0. The zero-order valence-electron chi connectivity index (χ0n) is 21.1. The average molecular weight is 393 g/mol. The van der Waals surface area contributed by atoms with Crippen LogP contribution in [0, 0.1) is 47.3 Å². The van der Waals surface area contributed by atoms with Crippen molar-refractivity contribution in [1.29, 1.82) is 0 Å². The zero-order valence-corrected chi connectivity index (χ0v) is 21.1. The second-order valence-electron chi connectivity index (χ2n) is 12.3. The summed E-state index contributed by atoms with van der Waals surface area (Å²) in [7, 11) is 0. The highest BCUT2D eigenvalue weighted by Crippen LogP contribution is 2.41. The van der Waals surface area contributed by atoms with Gasteiger partial charge in [-0.05, 0) is 73.0 Å². The van der Waals surface area contributed by atoms with Gasteiger partial charge in [-0.15, -0.1) is 0 Å². The van der Waals surface area contributed by atoms with E-state index in [-0.39, 0.29) is 0 Å². The van der Waals surface area contributed by atoms with Crippen LogP contribution in [0.25, 0.3) is 0 Å². The Morgan fingerprint density at radius 2 is 0.857 bits per heavy atom. The first kappa shape index (κ1) is 26.0. The standard InChI is InChI=1S/C15H30.C13H26/c1-12(2)5-6-14-7-9-15(10-8-14)11-13(3)4;1-10(2)5-6-12-8-13(9-12)7-11(3)4/h12-15H,5-11H2,1-4H3;10-13H,5-9H2,1-4H3. The Kier molecular flexibility index (Phi) is 13.1. The molecule has 0 radical (unpaired) electrons. The van der Waals surface area contributed by atoms with Crippen LogP contribution in [-0.4, -0.2) is 0 Å². The van der Waals surface area contributed by atoms with E-state index in [1.54, 1.807) is 0 Å². The smallest absolute Gasteiger partial charge is 0.0407 e. The minimum absolute atomic E-state index is 0.901. The van der Waals surface area contributed by atoms with Gasteiger partial charge in [-0.2, -0.15) is 0 Å². The Morgan fingerprint density at radius 3 is 1.29 bits per heavy atom. The van der Waals surface area contributed by atoms with Gasteiger partial charge >= 0.3 is 0 Å². The first-order valence-corrected chi connectivity index (χ1v) is 13.2. The van der Waals surface area contributed by atoms with E-state index in [2.05, 4.69) is 55.4 Å². The topological polar surface area (TPSA) is 0 Å². The quantitative estimate of drug-likeness (QED) is 0.347. The van der Waals surface area contributed by atoms with Crippen molar-refractivity contribution in [2.24, 2.45) is 47.3 Å². The van der Waals surface area contributed by atoms with Gasteiger partial charge < -0.3 is 0 Å². The maximum Gasteiger partial charge on any atom is -0.0407 e. The van der Waals surface area contributed by atoms with Gasteiger partial charge in [-0.1, -0.05) is 107 Å².